The highest BCUT2D eigenvalue weighted by molar-refractivity contribution is 5.84. The Hall–Kier alpha value is -2.51. The Morgan fingerprint density at radius 1 is 1.12 bits per heavy atom. The van der Waals surface area contributed by atoms with Crippen molar-refractivity contribution in [2.24, 2.45) is 5.41 Å². The van der Waals surface area contributed by atoms with Crippen molar-refractivity contribution in [1.29, 1.82) is 0 Å². The summed E-state index contributed by atoms with van der Waals surface area (Å²) in [5.41, 5.74) is 2.42. The number of nitrogens with zero attached hydrogens (tertiary/aromatic N) is 4. The van der Waals surface area contributed by atoms with Gasteiger partial charge in [-0.05, 0) is 31.4 Å². The van der Waals surface area contributed by atoms with Gasteiger partial charge in [-0.25, -0.2) is 15.0 Å². The zero-order valence-electron chi connectivity index (χ0n) is 14.4. The number of aliphatic hydroxyl groups excluding tert-OH is 1. The smallest absolute Gasteiger partial charge is 0.170 e. The molecule has 2 aliphatic rings. The molecule has 1 saturated heterocycles. The third-order valence-electron chi connectivity index (χ3n) is 5.92. The van der Waals surface area contributed by atoms with Gasteiger partial charge in [0.25, 0.3) is 0 Å². The minimum absolute atomic E-state index is 0.114. The van der Waals surface area contributed by atoms with Crippen LogP contribution in [0.1, 0.15) is 19.3 Å². The average Bonchev–Trinajstić information content (AvgIpc) is 3.14. The molecule has 1 aliphatic carbocycles. The normalized spacial score (nSPS) is 24.5. The number of aromatic nitrogens is 4. The van der Waals surface area contributed by atoms with Crippen LogP contribution in [0.5, 0.6) is 0 Å². The summed E-state index contributed by atoms with van der Waals surface area (Å²) in [6, 6.07) is 10.2. The van der Waals surface area contributed by atoms with E-state index in [1.54, 1.807) is 12.7 Å². The second-order valence-corrected chi connectivity index (χ2v) is 7.14. The van der Waals surface area contributed by atoms with Crippen molar-refractivity contribution < 1.29 is 9.84 Å². The first-order valence-corrected chi connectivity index (χ1v) is 9.04. The molecule has 2 aromatic heterocycles. The number of fused-ring (bicyclic) bond motifs is 1. The Morgan fingerprint density at radius 2 is 1.92 bits per heavy atom. The van der Waals surface area contributed by atoms with Crippen LogP contribution in [0.15, 0.2) is 43.0 Å². The van der Waals surface area contributed by atoms with Crippen LogP contribution >= 0.6 is 0 Å². The molecule has 2 atom stereocenters. The molecule has 1 aromatic carbocycles. The standard InChI is InChI=1S/C19H21N5O2/c25-15-10-14(19(15)6-8-26-9-7-19)23-17-16-18(21-11-20-17)24(12-22-16)13-4-2-1-3-5-13/h1-5,11-12,14-15,25H,6-10H2,(H,20,21,23)/t14-,15-/m1/s1. The minimum Gasteiger partial charge on any atom is -0.392 e. The lowest BCUT2D eigenvalue weighted by Gasteiger charge is -2.55. The molecule has 3 heterocycles. The van der Waals surface area contributed by atoms with E-state index in [0.29, 0.717) is 13.2 Å². The van der Waals surface area contributed by atoms with Gasteiger partial charge in [-0.3, -0.25) is 4.57 Å². The highest BCUT2D eigenvalue weighted by atomic mass is 16.5. The number of para-hydroxylation sites is 1. The quantitative estimate of drug-likeness (QED) is 0.752. The molecule has 134 valence electrons. The molecule has 0 unspecified atom stereocenters. The van der Waals surface area contributed by atoms with Crippen molar-refractivity contribution in [3.8, 4) is 5.69 Å². The largest absolute Gasteiger partial charge is 0.392 e. The van der Waals surface area contributed by atoms with Crippen molar-refractivity contribution >= 4 is 17.0 Å². The maximum atomic E-state index is 10.4. The van der Waals surface area contributed by atoms with Crippen molar-refractivity contribution in [3.63, 3.8) is 0 Å². The van der Waals surface area contributed by atoms with Crippen LogP contribution in [-0.2, 0) is 4.74 Å². The molecule has 7 heteroatoms. The number of benzene rings is 1. The van der Waals surface area contributed by atoms with E-state index in [0.717, 1.165) is 41.9 Å². The van der Waals surface area contributed by atoms with Gasteiger partial charge >= 0.3 is 0 Å². The zero-order valence-corrected chi connectivity index (χ0v) is 14.4. The summed E-state index contributed by atoms with van der Waals surface area (Å²) in [5.74, 6) is 0.729. The van der Waals surface area contributed by atoms with Gasteiger partial charge in [-0.1, -0.05) is 18.2 Å². The van der Waals surface area contributed by atoms with E-state index >= 15 is 0 Å². The Morgan fingerprint density at radius 3 is 2.69 bits per heavy atom. The molecule has 0 radical (unpaired) electrons. The molecule has 0 bridgehead atoms. The van der Waals surface area contributed by atoms with E-state index in [2.05, 4.69) is 20.3 Å². The third kappa shape index (κ3) is 2.31. The van der Waals surface area contributed by atoms with E-state index < -0.39 is 0 Å². The molecular formula is C19H21N5O2. The van der Waals surface area contributed by atoms with Gasteiger partial charge in [-0.2, -0.15) is 0 Å². The molecule has 2 fully saturated rings. The van der Waals surface area contributed by atoms with Crippen LogP contribution in [0, 0.1) is 5.41 Å². The number of ether oxygens (including phenoxy) is 1. The van der Waals surface area contributed by atoms with Gasteiger partial charge in [0.15, 0.2) is 17.0 Å². The molecule has 3 aromatic rings. The summed E-state index contributed by atoms with van der Waals surface area (Å²) in [5, 5.41) is 13.9. The van der Waals surface area contributed by atoms with Gasteiger partial charge in [0.05, 0.1) is 6.10 Å². The number of imidazole rings is 1. The molecule has 1 spiro atoms. The zero-order chi connectivity index (χ0) is 17.6. The lowest BCUT2D eigenvalue weighted by Crippen LogP contribution is -2.62. The Balaban J connectivity index is 1.48. The Kier molecular flexibility index (Phi) is 3.65. The highest BCUT2D eigenvalue weighted by Gasteiger charge is 2.55. The summed E-state index contributed by atoms with van der Waals surface area (Å²) in [7, 11) is 0. The molecule has 0 amide bonds. The van der Waals surface area contributed by atoms with E-state index in [1.807, 2.05) is 34.9 Å². The van der Waals surface area contributed by atoms with E-state index in [-0.39, 0.29) is 17.6 Å². The van der Waals surface area contributed by atoms with Crippen LogP contribution in [0.2, 0.25) is 0 Å². The second kappa shape index (κ2) is 6.03. The summed E-state index contributed by atoms with van der Waals surface area (Å²) in [6.45, 7) is 1.41. The monoisotopic (exact) mass is 351 g/mol. The van der Waals surface area contributed by atoms with Gasteiger partial charge in [-0.15, -0.1) is 0 Å². The van der Waals surface area contributed by atoms with Gasteiger partial charge in [0.2, 0.25) is 0 Å². The predicted molar refractivity (Wildman–Crippen MR) is 97.2 cm³/mol. The molecule has 5 rings (SSSR count). The fourth-order valence-electron chi connectivity index (χ4n) is 4.28. The Bertz CT molecular complexity index is 920. The summed E-state index contributed by atoms with van der Waals surface area (Å²) >= 11 is 0. The summed E-state index contributed by atoms with van der Waals surface area (Å²) in [4.78, 5) is 13.4. The van der Waals surface area contributed by atoms with Gasteiger partial charge in [0.1, 0.15) is 12.7 Å². The number of aliphatic hydroxyl groups is 1. The average molecular weight is 351 g/mol. The van der Waals surface area contributed by atoms with Gasteiger partial charge in [0, 0.05) is 30.4 Å². The van der Waals surface area contributed by atoms with Crippen LogP contribution < -0.4 is 5.32 Å². The topological polar surface area (TPSA) is 85.1 Å². The SMILES string of the molecule is O[C@@H]1C[C@@H](Nc2ncnc3c2ncn3-c2ccccc2)C12CCOCC2. The lowest BCUT2D eigenvalue weighted by molar-refractivity contribution is -0.133. The fraction of sp³-hybridized carbons (Fsp3) is 0.421. The maximum Gasteiger partial charge on any atom is 0.170 e. The van der Waals surface area contributed by atoms with E-state index in [4.69, 9.17) is 4.74 Å². The Labute approximate surface area is 151 Å². The van der Waals surface area contributed by atoms with Crippen molar-refractivity contribution in [2.45, 2.75) is 31.4 Å². The van der Waals surface area contributed by atoms with E-state index in [1.165, 1.54) is 0 Å². The van der Waals surface area contributed by atoms with Crippen molar-refractivity contribution in [2.75, 3.05) is 18.5 Å². The molecule has 26 heavy (non-hydrogen) atoms. The van der Waals surface area contributed by atoms with Crippen LogP contribution in [0.25, 0.3) is 16.9 Å². The number of hydrogen-bond acceptors (Lipinski definition) is 6. The minimum atomic E-state index is -0.275. The first kappa shape index (κ1) is 15.7. The van der Waals surface area contributed by atoms with Gasteiger partial charge < -0.3 is 15.2 Å². The molecule has 1 saturated carbocycles. The first-order valence-electron chi connectivity index (χ1n) is 9.04. The lowest BCUT2D eigenvalue weighted by atomic mass is 9.58. The number of hydrogen-bond donors (Lipinski definition) is 2. The number of rotatable bonds is 3. The van der Waals surface area contributed by atoms with Crippen molar-refractivity contribution in [3.05, 3.63) is 43.0 Å². The van der Waals surface area contributed by atoms with Crippen LogP contribution in [0.4, 0.5) is 5.82 Å². The molecule has 7 nitrogen and oxygen atoms in total. The van der Waals surface area contributed by atoms with Crippen LogP contribution in [0.3, 0.4) is 0 Å². The summed E-state index contributed by atoms with van der Waals surface area (Å²) in [6.07, 6.45) is 5.54. The first-order chi connectivity index (χ1) is 12.8. The number of nitrogens with one attached hydrogen (secondary N) is 1. The highest BCUT2D eigenvalue weighted by Crippen LogP contribution is 2.50. The molecular weight excluding hydrogens is 330 g/mol. The molecule has 2 N–H and O–H groups in total. The van der Waals surface area contributed by atoms with Crippen molar-refractivity contribution in [1.82, 2.24) is 19.5 Å². The summed E-state index contributed by atoms with van der Waals surface area (Å²) < 4.78 is 7.45. The third-order valence-corrected chi connectivity index (χ3v) is 5.92. The maximum absolute atomic E-state index is 10.4. The number of anilines is 1. The fourth-order valence-corrected chi connectivity index (χ4v) is 4.28. The second-order valence-electron chi connectivity index (χ2n) is 7.14. The predicted octanol–water partition coefficient (Wildman–Crippen LogP) is 2.16. The van der Waals surface area contributed by atoms with E-state index in [9.17, 15) is 5.11 Å². The molecule has 1 aliphatic heterocycles. The van der Waals surface area contributed by atoms with Crippen LogP contribution in [-0.4, -0.2) is 50.0 Å².